The van der Waals surface area contributed by atoms with Crippen LogP contribution >= 0.6 is 0 Å². The number of hydrogen-bond acceptors (Lipinski definition) is 4. The van der Waals surface area contributed by atoms with E-state index in [-0.39, 0.29) is 0 Å². The molecule has 0 atom stereocenters. The molecule has 1 heterocycles. The molecule has 0 unspecified atom stereocenters. The number of benzene rings is 1. The second-order valence-electron chi connectivity index (χ2n) is 5.20. The summed E-state index contributed by atoms with van der Waals surface area (Å²) in [6.45, 7) is 0. The van der Waals surface area contributed by atoms with Gasteiger partial charge < -0.3 is 9.84 Å². The third-order valence-corrected chi connectivity index (χ3v) is 4.17. The fraction of sp³-hybridized carbons (Fsp3) is 0.400. The summed E-state index contributed by atoms with van der Waals surface area (Å²) in [4.78, 5) is 11.8. The molecular formula is C15H16N2O3. The molecule has 2 aromatic rings. The first-order valence-corrected chi connectivity index (χ1v) is 6.72. The molecule has 1 N–H and O–H groups in total. The van der Waals surface area contributed by atoms with Crippen LogP contribution in [0.1, 0.15) is 31.4 Å². The minimum Gasteiger partial charge on any atom is -0.481 e. The molecule has 1 fully saturated rings. The van der Waals surface area contributed by atoms with E-state index < -0.39 is 11.4 Å². The zero-order valence-electron chi connectivity index (χ0n) is 11.3. The number of aromatic nitrogens is 2. The molecule has 1 aliphatic rings. The summed E-state index contributed by atoms with van der Waals surface area (Å²) < 4.78 is 5.22. The van der Waals surface area contributed by atoms with Crippen LogP contribution < -0.4 is 4.74 Å². The van der Waals surface area contributed by atoms with E-state index in [1.54, 1.807) is 7.11 Å². The van der Waals surface area contributed by atoms with Gasteiger partial charge in [-0.25, -0.2) is 0 Å². The molecule has 1 aromatic heterocycles. The van der Waals surface area contributed by atoms with Gasteiger partial charge in [-0.15, -0.1) is 5.10 Å². The van der Waals surface area contributed by atoms with Gasteiger partial charge in [0.05, 0.1) is 12.8 Å². The van der Waals surface area contributed by atoms with E-state index in [2.05, 4.69) is 10.2 Å². The Balaban J connectivity index is 2.29. The molecule has 104 valence electrons. The van der Waals surface area contributed by atoms with Crippen LogP contribution in [0.5, 0.6) is 5.88 Å². The second kappa shape index (κ2) is 4.74. The first-order valence-electron chi connectivity index (χ1n) is 6.72. The maximum Gasteiger partial charge on any atom is 0.315 e. The molecule has 1 aromatic carbocycles. The van der Waals surface area contributed by atoms with Crippen molar-refractivity contribution in [2.75, 3.05) is 7.11 Å². The highest BCUT2D eigenvalue weighted by molar-refractivity contribution is 5.94. The number of aliphatic carboxylic acids is 1. The van der Waals surface area contributed by atoms with Crippen molar-refractivity contribution in [2.24, 2.45) is 0 Å². The van der Waals surface area contributed by atoms with Crippen molar-refractivity contribution >= 4 is 16.7 Å². The van der Waals surface area contributed by atoms with Crippen LogP contribution in [0.4, 0.5) is 0 Å². The lowest BCUT2D eigenvalue weighted by Crippen LogP contribution is -2.34. The van der Waals surface area contributed by atoms with Gasteiger partial charge in [0.1, 0.15) is 5.41 Å². The molecular weight excluding hydrogens is 256 g/mol. The molecule has 1 aliphatic carbocycles. The molecule has 5 heteroatoms. The summed E-state index contributed by atoms with van der Waals surface area (Å²) in [7, 11) is 1.54. The Morgan fingerprint density at radius 1 is 1.20 bits per heavy atom. The van der Waals surface area contributed by atoms with Crippen LogP contribution in [0.15, 0.2) is 24.3 Å². The molecule has 0 amide bonds. The predicted octanol–water partition coefficient (Wildman–Crippen LogP) is 2.53. The summed E-state index contributed by atoms with van der Waals surface area (Å²) >= 11 is 0. The Labute approximate surface area is 116 Å². The third kappa shape index (κ3) is 1.73. The summed E-state index contributed by atoms with van der Waals surface area (Å²) in [5.41, 5.74) is -0.335. The molecule has 0 spiro atoms. The molecule has 5 nitrogen and oxygen atoms in total. The Kier molecular flexibility index (Phi) is 3.04. The van der Waals surface area contributed by atoms with Gasteiger partial charge in [-0.3, -0.25) is 4.79 Å². The van der Waals surface area contributed by atoms with E-state index in [1.807, 2.05) is 24.3 Å². The fourth-order valence-electron chi connectivity index (χ4n) is 3.11. The number of rotatable bonds is 3. The zero-order chi connectivity index (χ0) is 14.2. The number of ether oxygens (including phenoxy) is 1. The van der Waals surface area contributed by atoms with Gasteiger partial charge in [-0.1, -0.05) is 31.0 Å². The predicted molar refractivity (Wildman–Crippen MR) is 73.9 cm³/mol. The largest absolute Gasteiger partial charge is 0.481 e. The van der Waals surface area contributed by atoms with E-state index in [1.165, 1.54) is 0 Å². The van der Waals surface area contributed by atoms with Crippen LogP contribution in [0.25, 0.3) is 10.8 Å². The van der Waals surface area contributed by atoms with E-state index in [9.17, 15) is 9.90 Å². The van der Waals surface area contributed by atoms with Gasteiger partial charge in [-0.2, -0.15) is 5.10 Å². The van der Waals surface area contributed by atoms with Gasteiger partial charge >= 0.3 is 5.97 Å². The van der Waals surface area contributed by atoms with Gasteiger partial charge in [0.15, 0.2) is 0 Å². The first kappa shape index (κ1) is 12.8. The van der Waals surface area contributed by atoms with E-state index in [0.29, 0.717) is 24.4 Å². The second-order valence-corrected chi connectivity index (χ2v) is 5.20. The summed E-state index contributed by atoms with van der Waals surface area (Å²) in [5, 5.41) is 19.6. The molecule has 0 saturated heterocycles. The summed E-state index contributed by atoms with van der Waals surface area (Å²) in [5.74, 6) is -0.373. The van der Waals surface area contributed by atoms with Crippen molar-refractivity contribution in [1.29, 1.82) is 0 Å². The van der Waals surface area contributed by atoms with Crippen LogP contribution in [0.3, 0.4) is 0 Å². The SMILES string of the molecule is COc1nnc(C2(C(=O)O)CCCC2)c2ccccc12. The average Bonchev–Trinajstić information content (AvgIpc) is 2.97. The summed E-state index contributed by atoms with van der Waals surface area (Å²) in [6.07, 6.45) is 3.06. The van der Waals surface area contributed by atoms with E-state index in [4.69, 9.17) is 4.74 Å². The minimum absolute atomic E-state index is 0.433. The topological polar surface area (TPSA) is 72.3 Å². The maximum atomic E-state index is 11.8. The lowest BCUT2D eigenvalue weighted by molar-refractivity contribution is -0.143. The quantitative estimate of drug-likeness (QED) is 0.929. The van der Waals surface area contributed by atoms with Crippen LogP contribution in [0.2, 0.25) is 0 Å². The third-order valence-electron chi connectivity index (χ3n) is 4.17. The monoisotopic (exact) mass is 272 g/mol. The Bertz CT molecular complexity index is 663. The van der Waals surface area contributed by atoms with Crippen LogP contribution in [-0.2, 0) is 10.2 Å². The van der Waals surface area contributed by atoms with Gasteiger partial charge in [0, 0.05) is 10.8 Å². The van der Waals surface area contributed by atoms with E-state index >= 15 is 0 Å². The number of fused-ring (bicyclic) bond motifs is 1. The van der Waals surface area contributed by atoms with Crippen LogP contribution in [0, 0.1) is 0 Å². The number of carboxylic acid groups (broad SMARTS) is 1. The van der Waals surface area contributed by atoms with Gasteiger partial charge in [0.25, 0.3) is 0 Å². The van der Waals surface area contributed by atoms with Gasteiger partial charge in [-0.05, 0) is 18.9 Å². The van der Waals surface area contributed by atoms with Crippen molar-refractivity contribution in [3.8, 4) is 5.88 Å². The minimum atomic E-state index is -0.904. The van der Waals surface area contributed by atoms with Crippen molar-refractivity contribution in [2.45, 2.75) is 31.1 Å². The van der Waals surface area contributed by atoms with Gasteiger partial charge in [0.2, 0.25) is 5.88 Å². The Hall–Kier alpha value is -2.17. The van der Waals surface area contributed by atoms with Crippen molar-refractivity contribution < 1.29 is 14.6 Å². The lowest BCUT2D eigenvalue weighted by atomic mass is 9.80. The number of hydrogen-bond donors (Lipinski definition) is 1. The zero-order valence-corrected chi connectivity index (χ0v) is 11.3. The maximum absolute atomic E-state index is 11.8. The molecule has 0 radical (unpaired) electrons. The molecule has 0 bridgehead atoms. The Morgan fingerprint density at radius 3 is 2.45 bits per heavy atom. The molecule has 0 aliphatic heterocycles. The van der Waals surface area contributed by atoms with Crippen molar-refractivity contribution in [3.63, 3.8) is 0 Å². The molecule has 20 heavy (non-hydrogen) atoms. The molecule has 1 saturated carbocycles. The number of carbonyl (C=O) groups is 1. The smallest absolute Gasteiger partial charge is 0.315 e. The lowest BCUT2D eigenvalue weighted by Gasteiger charge is -2.24. The highest BCUT2D eigenvalue weighted by atomic mass is 16.5. The number of nitrogens with zero attached hydrogens (tertiary/aromatic N) is 2. The molecule has 3 rings (SSSR count). The Morgan fingerprint density at radius 2 is 1.85 bits per heavy atom. The van der Waals surface area contributed by atoms with Crippen molar-refractivity contribution in [1.82, 2.24) is 10.2 Å². The highest BCUT2D eigenvalue weighted by Gasteiger charge is 2.45. The number of carboxylic acids is 1. The highest BCUT2D eigenvalue weighted by Crippen LogP contribution is 2.43. The standard InChI is InChI=1S/C15H16N2O3/c1-20-13-11-7-3-2-6-10(11)12(16-17-13)15(14(18)19)8-4-5-9-15/h2-3,6-7H,4-5,8-9H2,1H3,(H,18,19). The first-order chi connectivity index (χ1) is 9.69. The number of methoxy groups -OCH3 is 1. The van der Waals surface area contributed by atoms with Crippen LogP contribution in [-0.4, -0.2) is 28.4 Å². The normalized spacial score (nSPS) is 17.2. The fourth-order valence-corrected chi connectivity index (χ4v) is 3.11. The summed E-state index contributed by atoms with van der Waals surface area (Å²) in [6, 6.07) is 7.55. The van der Waals surface area contributed by atoms with E-state index in [0.717, 1.165) is 23.6 Å². The average molecular weight is 272 g/mol. The van der Waals surface area contributed by atoms with Crippen molar-refractivity contribution in [3.05, 3.63) is 30.0 Å².